The number of aliphatic hydroxyl groups excluding tert-OH is 1. The fourth-order valence-electron chi connectivity index (χ4n) is 2.80. The smallest absolute Gasteiger partial charge is 0.241 e. The molecule has 1 aliphatic heterocycles. The Hall–Kier alpha value is -1.66. The van der Waals surface area contributed by atoms with Gasteiger partial charge in [-0.05, 0) is 31.9 Å². The minimum atomic E-state index is 0.170. The lowest BCUT2D eigenvalue weighted by Crippen LogP contribution is -2.46. The van der Waals surface area contributed by atoms with E-state index in [1.165, 1.54) is 0 Å². The maximum absolute atomic E-state index is 9.49. The van der Waals surface area contributed by atoms with Gasteiger partial charge in [-0.3, -0.25) is 4.90 Å². The van der Waals surface area contributed by atoms with Crippen molar-refractivity contribution in [3.63, 3.8) is 0 Å². The number of piperidine rings is 1. The van der Waals surface area contributed by atoms with E-state index < -0.39 is 0 Å². The summed E-state index contributed by atoms with van der Waals surface area (Å²) < 4.78 is 10.5. The molecule has 0 aromatic carbocycles. The molecule has 6 nitrogen and oxygen atoms in total. The number of aromatic nitrogens is 2. The van der Waals surface area contributed by atoms with Crippen LogP contribution in [-0.4, -0.2) is 38.8 Å². The second-order valence-corrected chi connectivity index (χ2v) is 5.28. The van der Waals surface area contributed by atoms with Crippen LogP contribution in [0.15, 0.2) is 27.3 Å². The average Bonchev–Trinajstić information content (AvgIpc) is 3.11. The molecule has 1 N–H and O–H groups in total. The van der Waals surface area contributed by atoms with E-state index >= 15 is 0 Å². The Bertz CT molecular complexity index is 538. The van der Waals surface area contributed by atoms with Gasteiger partial charge >= 0.3 is 0 Å². The first-order valence-corrected chi connectivity index (χ1v) is 7.01. The normalized spacial score (nSPS) is 24.1. The highest BCUT2D eigenvalue weighted by Gasteiger charge is 2.29. The minimum absolute atomic E-state index is 0.170. The van der Waals surface area contributed by atoms with Crippen LogP contribution in [-0.2, 0) is 6.54 Å². The zero-order valence-electron chi connectivity index (χ0n) is 11.5. The van der Waals surface area contributed by atoms with Gasteiger partial charge in [-0.1, -0.05) is 11.6 Å². The number of nitrogens with zero attached hydrogens (tertiary/aromatic N) is 3. The molecule has 0 amide bonds. The zero-order chi connectivity index (χ0) is 13.9. The monoisotopic (exact) mass is 277 g/mol. The summed E-state index contributed by atoms with van der Waals surface area (Å²) in [7, 11) is 0. The van der Waals surface area contributed by atoms with Crippen LogP contribution in [0.3, 0.4) is 0 Å². The average molecular weight is 277 g/mol. The quantitative estimate of drug-likeness (QED) is 0.922. The van der Waals surface area contributed by atoms with E-state index in [0.717, 1.165) is 19.3 Å². The van der Waals surface area contributed by atoms with E-state index in [-0.39, 0.29) is 12.6 Å². The van der Waals surface area contributed by atoms with Gasteiger partial charge in [-0.15, -0.1) is 0 Å². The van der Waals surface area contributed by atoms with Crippen molar-refractivity contribution in [2.45, 2.75) is 44.8 Å². The molecule has 20 heavy (non-hydrogen) atoms. The SMILES string of the molecule is C[C@H]1CCC[C@@H](CO)N1Cc1nc(-c2ccco2)no1. The lowest BCUT2D eigenvalue weighted by molar-refractivity contribution is 0.0370. The summed E-state index contributed by atoms with van der Waals surface area (Å²) in [5, 5.41) is 13.4. The van der Waals surface area contributed by atoms with Gasteiger partial charge in [0.15, 0.2) is 5.76 Å². The topological polar surface area (TPSA) is 75.5 Å². The van der Waals surface area contributed by atoms with E-state index in [2.05, 4.69) is 22.0 Å². The molecule has 1 saturated heterocycles. The summed E-state index contributed by atoms with van der Waals surface area (Å²) in [6, 6.07) is 4.19. The van der Waals surface area contributed by atoms with Gasteiger partial charge in [-0.25, -0.2) is 0 Å². The molecule has 3 heterocycles. The van der Waals surface area contributed by atoms with Crippen LogP contribution < -0.4 is 0 Å². The summed E-state index contributed by atoms with van der Waals surface area (Å²) in [5.41, 5.74) is 0. The third-order valence-electron chi connectivity index (χ3n) is 3.93. The molecular weight excluding hydrogens is 258 g/mol. The maximum Gasteiger partial charge on any atom is 0.241 e. The molecule has 0 saturated carbocycles. The molecular formula is C14H19N3O3. The zero-order valence-corrected chi connectivity index (χ0v) is 11.5. The lowest BCUT2D eigenvalue weighted by Gasteiger charge is -2.38. The number of rotatable bonds is 4. The fourth-order valence-corrected chi connectivity index (χ4v) is 2.80. The Kier molecular flexibility index (Phi) is 3.84. The number of furan rings is 1. The van der Waals surface area contributed by atoms with Gasteiger partial charge in [0.1, 0.15) is 0 Å². The number of hydrogen-bond acceptors (Lipinski definition) is 6. The summed E-state index contributed by atoms with van der Waals surface area (Å²) in [5.74, 6) is 1.63. The first-order chi connectivity index (χ1) is 9.78. The Morgan fingerprint density at radius 3 is 3.10 bits per heavy atom. The van der Waals surface area contributed by atoms with Crippen molar-refractivity contribution >= 4 is 0 Å². The van der Waals surface area contributed by atoms with Crippen LogP contribution in [0.1, 0.15) is 32.1 Å². The predicted octanol–water partition coefficient (Wildman–Crippen LogP) is 2.06. The molecule has 0 aliphatic carbocycles. The van der Waals surface area contributed by atoms with E-state index in [1.54, 1.807) is 18.4 Å². The summed E-state index contributed by atoms with van der Waals surface area (Å²) in [4.78, 5) is 6.59. The summed E-state index contributed by atoms with van der Waals surface area (Å²) >= 11 is 0. The Balaban J connectivity index is 1.73. The first kappa shape index (κ1) is 13.3. The molecule has 1 fully saturated rings. The number of likely N-dealkylation sites (tertiary alicyclic amines) is 1. The van der Waals surface area contributed by atoms with Gasteiger partial charge in [0.2, 0.25) is 11.7 Å². The highest BCUT2D eigenvalue weighted by molar-refractivity contribution is 5.44. The van der Waals surface area contributed by atoms with Crippen LogP contribution >= 0.6 is 0 Å². The standard InChI is InChI=1S/C14H19N3O3/c1-10-4-2-5-11(9-18)17(10)8-13-15-14(16-20-13)12-6-3-7-19-12/h3,6-7,10-11,18H,2,4-5,8-9H2,1H3/t10-,11-/m0/s1. The second-order valence-electron chi connectivity index (χ2n) is 5.28. The molecule has 1 aliphatic rings. The Labute approximate surface area is 117 Å². The van der Waals surface area contributed by atoms with Gasteiger partial charge < -0.3 is 14.0 Å². The van der Waals surface area contributed by atoms with Crippen molar-refractivity contribution in [2.24, 2.45) is 0 Å². The van der Waals surface area contributed by atoms with Gasteiger partial charge in [0.25, 0.3) is 0 Å². The van der Waals surface area contributed by atoms with E-state index in [1.807, 2.05) is 0 Å². The van der Waals surface area contributed by atoms with Gasteiger partial charge in [-0.2, -0.15) is 4.98 Å². The third kappa shape index (κ3) is 2.62. The minimum Gasteiger partial charge on any atom is -0.461 e. The lowest BCUT2D eigenvalue weighted by atomic mass is 9.97. The van der Waals surface area contributed by atoms with Crippen molar-refractivity contribution in [1.82, 2.24) is 15.0 Å². The molecule has 2 atom stereocenters. The molecule has 0 spiro atoms. The molecule has 3 rings (SSSR count). The van der Waals surface area contributed by atoms with Crippen LogP contribution in [0.5, 0.6) is 0 Å². The highest BCUT2D eigenvalue weighted by Crippen LogP contribution is 2.25. The number of aliphatic hydroxyl groups is 1. The summed E-state index contributed by atoms with van der Waals surface area (Å²) in [6.07, 6.45) is 4.89. The van der Waals surface area contributed by atoms with Crippen LogP contribution in [0.2, 0.25) is 0 Å². The molecule has 2 aromatic heterocycles. The van der Waals surface area contributed by atoms with Crippen molar-refractivity contribution < 1.29 is 14.0 Å². The van der Waals surface area contributed by atoms with Crippen LogP contribution in [0.25, 0.3) is 11.6 Å². The Morgan fingerprint density at radius 1 is 1.45 bits per heavy atom. The second kappa shape index (κ2) is 5.76. The van der Waals surface area contributed by atoms with Crippen molar-refractivity contribution in [3.05, 3.63) is 24.3 Å². The van der Waals surface area contributed by atoms with Gasteiger partial charge in [0.05, 0.1) is 19.4 Å². The van der Waals surface area contributed by atoms with E-state index in [0.29, 0.717) is 30.1 Å². The third-order valence-corrected chi connectivity index (χ3v) is 3.93. The molecule has 108 valence electrons. The van der Waals surface area contributed by atoms with Crippen molar-refractivity contribution in [2.75, 3.05) is 6.61 Å². The largest absolute Gasteiger partial charge is 0.461 e. The van der Waals surface area contributed by atoms with Crippen molar-refractivity contribution in [3.8, 4) is 11.6 Å². The maximum atomic E-state index is 9.49. The van der Waals surface area contributed by atoms with E-state index in [4.69, 9.17) is 8.94 Å². The van der Waals surface area contributed by atoms with Gasteiger partial charge in [0, 0.05) is 12.1 Å². The number of hydrogen-bond donors (Lipinski definition) is 1. The van der Waals surface area contributed by atoms with Crippen LogP contribution in [0, 0.1) is 0 Å². The molecule has 0 bridgehead atoms. The van der Waals surface area contributed by atoms with E-state index in [9.17, 15) is 5.11 Å². The molecule has 0 radical (unpaired) electrons. The van der Waals surface area contributed by atoms with Crippen LogP contribution in [0.4, 0.5) is 0 Å². The molecule has 2 aromatic rings. The highest BCUT2D eigenvalue weighted by atomic mass is 16.5. The van der Waals surface area contributed by atoms with Crippen molar-refractivity contribution in [1.29, 1.82) is 0 Å². The molecule has 6 heteroatoms. The first-order valence-electron chi connectivity index (χ1n) is 7.01. The fraction of sp³-hybridized carbons (Fsp3) is 0.571. The predicted molar refractivity (Wildman–Crippen MR) is 71.7 cm³/mol. The molecule has 0 unspecified atom stereocenters. The Morgan fingerprint density at radius 2 is 2.35 bits per heavy atom. The summed E-state index contributed by atoms with van der Waals surface area (Å²) in [6.45, 7) is 2.91.